The van der Waals surface area contributed by atoms with Gasteiger partial charge in [-0.1, -0.05) is 36.4 Å². The molecule has 0 aliphatic carbocycles. The Balaban J connectivity index is 1.58. The molecule has 4 rings (SSSR count). The van der Waals surface area contributed by atoms with Crippen LogP contribution in [-0.4, -0.2) is 29.1 Å². The summed E-state index contributed by atoms with van der Waals surface area (Å²) < 4.78 is 0. The summed E-state index contributed by atoms with van der Waals surface area (Å²) in [4.78, 5) is 9.14. The van der Waals surface area contributed by atoms with E-state index in [2.05, 4.69) is 58.1 Å². The normalized spacial score (nSPS) is 18.2. The maximum atomic E-state index is 4.73. The van der Waals surface area contributed by atoms with Gasteiger partial charge in [-0.15, -0.1) is 0 Å². The van der Waals surface area contributed by atoms with Gasteiger partial charge < -0.3 is 10.6 Å². The third-order valence-corrected chi connectivity index (χ3v) is 4.61. The Labute approximate surface area is 142 Å². The molecule has 122 valence electrons. The summed E-state index contributed by atoms with van der Waals surface area (Å²) in [6, 6.07) is 17.3. The van der Waals surface area contributed by atoms with Crippen LogP contribution in [0, 0.1) is 0 Å². The number of benzene rings is 2. The van der Waals surface area contributed by atoms with Gasteiger partial charge in [-0.25, -0.2) is 9.97 Å². The van der Waals surface area contributed by atoms with Crippen molar-refractivity contribution in [2.45, 2.75) is 25.3 Å². The van der Waals surface area contributed by atoms with E-state index in [1.165, 1.54) is 17.2 Å². The molecule has 1 unspecified atom stereocenters. The fraction of sp³-hybridized carbons (Fsp3) is 0.300. The summed E-state index contributed by atoms with van der Waals surface area (Å²) in [5, 5.41) is 9.43. The lowest BCUT2D eigenvalue weighted by molar-refractivity contribution is 0.632. The smallest absolute Gasteiger partial charge is 0.223 e. The molecule has 4 heteroatoms. The molecule has 2 aromatic carbocycles. The van der Waals surface area contributed by atoms with E-state index >= 15 is 0 Å². The van der Waals surface area contributed by atoms with Crippen LogP contribution < -0.4 is 10.6 Å². The lowest BCUT2D eigenvalue weighted by atomic mass is 10.1. The molecule has 1 atom stereocenters. The summed E-state index contributed by atoms with van der Waals surface area (Å²) in [6.07, 6.45) is 5.32. The minimum Gasteiger partial charge on any atom is -0.351 e. The predicted molar refractivity (Wildman–Crippen MR) is 99.1 cm³/mol. The first kappa shape index (κ1) is 15.1. The van der Waals surface area contributed by atoms with E-state index in [4.69, 9.17) is 4.98 Å². The second-order valence-electron chi connectivity index (χ2n) is 6.35. The second kappa shape index (κ2) is 6.97. The predicted octanol–water partition coefficient (Wildman–Crippen LogP) is 3.85. The molecule has 1 fully saturated rings. The first-order valence-electron chi connectivity index (χ1n) is 8.68. The number of nitrogens with one attached hydrogen (secondary N) is 2. The number of aromatic nitrogens is 2. The average Bonchev–Trinajstić information content (AvgIpc) is 2.90. The van der Waals surface area contributed by atoms with Gasteiger partial charge in [-0.2, -0.15) is 0 Å². The fourth-order valence-electron chi connectivity index (χ4n) is 3.28. The van der Waals surface area contributed by atoms with E-state index in [1.54, 1.807) is 0 Å². The highest BCUT2D eigenvalue weighted by Crippen LogP contribution is 2.23. The summed E-state index contributed by atoms with van der Waals surface area (Å²) in [7, 11) is 0. The summed E-state index contributed by atoms with van der Waals surface area (Å²) in [6.45, 7) is 2.16. The van der Waals surface area contributed by atoms with E-state index in [-0.39, 0.29) is 0 Å². The first-order valence-corrected chi connectivity index (χ1v) is 8.68. The van der Waals surface area contributed by atoms with Crippen molar-refractivity contribution in [1.29, 1.82) is 0 Å². The van der Waals surface area contributed by atoms with Crippen LogP contribution in [0.1, 0.15) is 19.3 Å². The minimum atomic E-state index is 0.451. The standard InChI is InChI=1S/C20H22N4/c1-2-5-16-14-17(8-7-15(16)4-1)19-10-13-22-20(24-19)23-18-6-3-11-21-12-9-18/h1-2,4-5,7-8,10,13-14,18,21H,3,6,9,11-12H2,(H,22,23,24). The highest BCUT2D eigenvalue weighted by Gasteiger charge is 2.13. The zero-order valence-corrected chi connectivity index (χ0v) is 13.7. The highest BCUT2D eigenvalue weighted by molar-refractivity contribution is 5.86. The summed E-state index contributed by atoms with van der Waals surface area (Å²) >= 11 is 0. The monoisotopic (exact) mass is 318 g/mol. The lowest BCUT2D eigenvalue weighted by Gasteiger charge is -2.16. The Morgan fingerprint density at radius 1 is 0.958 bits per heavy atom. The van der Waals surface area contributed by atoms with E-state index < -0.39 is 0 Å². The third kappa shape index (κ3) is 3.39. The maximum absolute atomic E-state index is 4.73. The molecule has 4 nitrogen and oxygen atoms in total. The minimum absolute atomic E-state index is 0.451. The van der Waals surface area contributed by atoms with Gasteiger partial charge in [0.25, 0.3) is 0 Å². The average molecular weight is 318 g/mol. The van der Waals surface area contributed by atoms with Crippen molar-refractivity contribution in [1.82, 2.24) is 15.3 Å². The zero-order valence-electron chi connectivity index (χ0n) is 13.7. The van der Waals surface area contributed by atoms with Crippen molar-refractivity contribution >= 4 is 16.7 Å². The molecule has 0 bridgehead atoms. The first-order chi connectivity index (χ1) is 11.9. The van der Waals surface area contributed by atoms with Crippen LogP contribution in [0.2, 0.25) is 0 Å². The number of hydrogen-bond acceptors (Lipinski definition) is 4. The molecule has 1 aliphatic heterocycles. The van der Waals surface area contributed by atoms with Gasteiger partial charge in [0.2, 0.25) is 5.95 Å². The van der Waals surface area contributed by atoms with Crippen molar-refractivity contribution in [3.8, 4) is 11.3 Å². The van der Waals surface area contributed by atoms with Gasteiger partial charge in [0.1, 0.15) is 0 Å². The molecule has 0 radical (unpaired) electrons. The van der Waals surface area contributed by atoms with Crippen LogP contribution in [0.15, 0.2) is 54.7 Å². The number of hydrogen-bond donors (Lipinski definition) is 2. The van der Waals surface area contributed by atoms with Gasteiger partial charge in [0.15, 0.2) is 0 Å². The largest absolute Gasteiger partial charge is 0.351 e. The molecule has 24 heavy (non-hydrogen) atoms. The van der Waals surface area contributed by atoms with Crippen LogP contribution in [-0.2, 0) is 0 Å². The Morgan fingerprint density at radius 2 is 1.88 bits per heavy atom. The molecule has 2 heterocycles. The summed E-state index contributed by atoms with van der Waals surface area (Å²) in [5.41, 5.74) is 2.09. The molecule has 0 amide bonds. The number of rotatable bonds is 3. The van der Waals surface area contributed by atoms with Crippen LogP contribution >= 0.6 is 0 Å². The quantitative estimate of drug-likeness (QED) is 0.770. The molecule has 1 saturated heterocycles. The zero-order chi connectivity index (χ0) is 16.2. The molecule has 1 aromatic heterocycles. The van der Waals surface area contributed by atoms with Crippen molar-refractivity contribution in [3.63, 3.8) is 0 Å². The molecule has 0 spiro atoms. The van der Waals surface area contributed by atoms with Gasteiger partial charge >= 0.3 is 0 Å². The fourth-order valence-corrected chi connectivity index (χ4v) is 3.28. The Hall–Kier alpha value is -2.46. The van der Waals surface area contributed by atoms with E-state index in [9.17, 15) is 0 Å². The highest BCUT2D eigenvalue weighted by atomic mass is 15.1. The number of anilines is 1. The Bertz CT molecular complexity index is 822. The van der Waals surface area contributed by atoms with Gasteiger partial charge in [-0.3, -0.25) is 0 Å². The van der Waals surface area contributed by atoms with Crippen LogP contribution in [0.4, 0.5) is 5.95 Å². The third-order valence-electron chi connectivity index (χ3n) is 4.61. The van der Waals surface area contributed by atoms with Crippen molar-refractivity contribution in [3.05, 3.63) is 54.7 Å². The van der Waals surface area contributed by atoms with E-state index in [0.29, 0.717) is 6.04 Å². The van der Waals surface area contributed by atoms with E-state index in [0.717, 1.165) is 43.1 Å². The summed E-state index contributed by atoms with van der Waals surface area (Å²) in [5.74, 6) is 0.729. The molecular formula is C20H22N4. The van der Waals surface area contributed by atoms with Crippen molar-refractivity contribution in [2.75, 3.05) is 18.4 Å². The van der Waals surface area contributed by atoms with Gasteiger partial charge in [-0.05, 0) is 55.3 Å². The Morgan fingerprint density at radius 3 is 2.83 bits per heavy atom. The van der Waals surface area contributed by atoms with Crippen LogP contribution in [0.25, 0.3) is 22.0 Å². The van der Waals surface area contributed by atoms with Crippen molar-refractivity contribution < 1.29 is 0 Å². The molecule has 0 saturated carbocycles. The number of fused-ring (bicyclic) bond motifs is 1. The molecule has 1 aliphatic rings. The molecule has 3 aromatic rings. The topological polar surface area (TPSA) is 49.8 Å². The number of nitrogens with zero attached hydrogens (tertiary/aromatic N) is 2. The molecular weight excluding hydrogens is 296 g/mol. The lowest BCUT2D eigenvalue weighted by Crippen LogP contribution is -2.22. The van der Waals surface area contributed by atoms with Gasteiger partial charge in [0, 0.05) is 17.8 Å². The van der Waals surface area contributed by atoms with Crippen LogP contribution in [0.3, 0.4) is 0 Å². The van der Waals surface area contributed by atoms with Crippen LogP contribution in [0.5, 0.6) is 0 Å². The molecule has 2 N–H and O–H groups in total. The second-order valence-corrected chi connectivity index (χ2v) is 6.35. The maximum Gasteiger partial charge on any atom is 0.223 e. The van der Waals surface area contributed by atoms with Gasteiger partial charge in [0.05, 0.1) is 5.69 Å². The van der Waals surface area contributed by atoms with Crippen molar-refractivity contribution in [2.24, 2.45) is 0 Å². The van der Waals surface area contributed by atoms with E-state index in [1.807, 2.05) is 12.3 Å². The SMILES string of the molecule is c1ccc2cc(-c3ccnc(NC4CCCNCC4)n3)ccc2c1. The Kier molecular flexibility index (Phi) is 4.38.